The molecule has 2 heterocycles. The Labute approximate surface area is 176 Å². The third-order valence-electron chi connectivity index (χ3n) is 5.63. The second kappa shape index (κ2) is 9.16. The Morgan fingerprint density at radius 3 is 2.47 bits per heavy atom. The van der Waals surface area contributed by atoms with Gasteiger partial charge in [0.15, 0.2) is 11.5 Å². The number of ether oxygens (including phenoxy) is 2. The molecular weight excluding hydrogens is 380 g/mol. The first-order valence-corrected chi connectivity index (χ1v) is 10.3. The van der Waals surface area contributed by atoms with Gasteiger partial charge in [0.05, 0.1) is 17.7 Å². The fourth-order valence-corrected chi connectivity index (χ4v) is 3.79. The lowest BCUT2D eigenvalue weighted by atomic mass is 10.1. The number of hydrogen-bond donors (Lipinski definition) is 1. The summed E-state index contributed by atoms with van der Waals surface area (Å²) in [7, 11) is 0. The molecule has 30 heavy (non-hydrogen) atoms. The van der Waals surface area contributed by atoms with Crippen molar-refractivity contribution in [3.8, 4) is 17.6 Å². The summed E-state index contributed by atoms with van der Waals surface area (Å²) in [5, 5.41) is 11.9. The van der Waals surface area contributed by atoms with Gasteiger partial charge in [-0.25, -0.2) is 0 Å². The van der Waals surface area contributed by atoms with E-state index in [2.05, 4.69) is 21.2 Å². The molecule has 0 bridgehead atoms. The van der Waals surface area contributed by atoms with Crippen LogP contribution in [-0.4, -0.2) is 61.1 Å². The van der Waals surface area contributed by atoms with Crippen LogP contribution < -0.4 is 14.8 Å². The predicted molar refractivity (Wildman–Crippen MR) is 114 cm³/mol. The number of rotatable bonds is 5. The molecule has 7 nitrogen and oxygen atoms in total. The van der Waals surface area contributed by atoms with Crippen molar-refractivity contribution >= 4 is 11.6 Å². The smallest absolute Gasteiger partial charge is 0.241 e. The number of nitriles is 1. The van der Waals surface area contributed by atoms with E-state index in [4.69, 9.17) is 14.7 Å². The Morgan fingerprint density at radius 2 is 1.77 bits per heavy atom. The number of carbonyl (C=O) groups excluding carboxylic acids is 1. The number of hydrogen-bond acceptors (Lipinski definition) is 6. The molecule has 4 rings (SSSR count). The Hall–Kier alpha value is -3.08. The Morgan fingerprint density at radius 1 is 1.07 bits per heavy atom. The maximum absolute atomic E-state index is 12.7. The largest absolute Gasteiger partial charge is 0.486 e. The first-order valence-electron chi connectivity index (χ1n) is 10.3. The molecule has 0 radical (unpaired) electrons. The number of nitrogens with zero attached hydrogens (tertiary/aromatic N) is 3. The minimum Gasteiger partial charge on any atom is -0.486 e. The summed E-state index contributed by atoms with van der Waals surface area (Å²) in [5.74, 6) is 1.36. The normalized spacial score (nSPS) is 17.7. The summed E-state index contributed by atoms with van der Waals surface area (Å²) >= 11 is 0. The SMILES string of the molecule is C[C@H](C(=O)Nc1ccc2c(c1)OCCO2)N1CCN(Cc2ccc(C#N)cc2)CC1. The molecule has 2 aromatic carbocycles. The lowest BCUT2D eigenvalue weighted by Crippen LogP contribution is -2.52. The molecule has 0 aromatic heterocycles. The summed E-state index contributed by atoms with van der Waals surface area (Å²) in [6.07, 6.45) is 0. The van der Waals surface area contributed by atoms with E-state index >= 15 is 0 Å². The van der Waals surface area contributed by atoms with Crippen LogP contribution in [0.3, 0.4) is 0 Å². The van der Waals surface area contributed by atoms with Crippen molar-refractivity contribution in [2.45, 2.75) is 19.5 Å². The van der Waals surface area contributed by atoms with Crippen molar-refractivity contribution in [3.05, 3.63) is 53.6 Å². The monoisotopic (exact) mass is 406 g/mol. The van der Waals surface area contributed by atoms with E-state index in [9.17, 15) is 4.79 Å². The molecule has 7 heteroatoms. The third kappa shape index (κ3) is 4.73. The van der Waals surface area contributed by atoms with Gasteiger partial charge in [0.2, 0.25) is 5.91 Å². The van der Waals surface area contributed by atoms with Gasteiger partial charge >= 0.3 is 0 Å². The lowest BCUT2D eigenvalue weighted by molar-refractivity contribution is -0.121. The molecule has 0 aliphatic carbocycles. The van der Waals surface area contributed by atoms with Gasteiger partial charge in [0.1, 0.15) is 13.2 Å². The molecule has 1 saturated heterocycles. The van der Waals surface area contributed by atoms with Crippen LogP contribution in [0.4, 0.5) is 5.69 Å². The van der Waals surface area contributed by atoms with E-state index < -0.39 is 0 Å². The van der Waals surface area contributed by atoms with E-state index in [1.807, 2.05) is 49.4 Å². The number of benzene rings is 2. The highest BCUT2D eigenvalue weighted by Crippen LogP contribution is 2.32. The number of carbonyl (C=O) groups is 1. The van der Waals surface area contributed by atoms with Gasteiger partial charge in [-0.3, -0.25) is 14.6 Å². The molecule has 2 aliphatic heterocycles. The first kappa shape index (κ1) is 20.2. The van der Waals surface area contributed by atoms with E-state index in [1.54, 1.807) is 0 Å². The summed E-state index contributed by atoms with van der Waals surface area (Å²) in [6.45, 7) is 7.36. The van der Waals surface area contributed by atoms with Gasteiger partial charge in [0, 0.05) is 44.5 Å². The van der Waals surface area contributed by atoms with Crippen molar-refractivity contribution in [3.63, 3.8) is 0 Å². The Balaban J connectivity index is 1.27. The summed E-state index contributed by atoms with van der Waals surface area (Å²) in [4.78, 5) is 17.3. The summed E-state index contributed by atoms with van der Waals surface area (Å²) < 4.78 is 11.1. The summed E-state index contributed by atoms with van der Waals surface area (Å²) in [6, 6.07) is 15.2. The van der Waals surface area contributed by atoms with Crippen LogP contribution in [0.2, 0.25) is 0 Å². The van der Waals surface area contributed by atoms with Crippen molar-refractivity contribution < 1.29 is 14.3 Å². The molecule has 0 spiro atoms. The average Bonchev–Trinajstić information content (AvgIpc) is 2.79. The first-order chi connectivity index (χ1) is 14.6. The van der Waals surface area contributed by atoms with Crippen LogP contribution in [0, 0.1) is 11.3 Å². The second-order valence-electron chi connectivity index (χ2n) is 7.64. The number of anilines is 1. The number of nitrogens with one attached hydrogen (secondary N) is 1. The van der Waals surface area contributed by atoms with Crippen molar-refractivity contribution in [2.24, 2.45) is 0 Å². The molecular formula is C23H26N4O3. The molecule has 1 atom stereocenters. The van der Waals surface area contributed by atoms with Gasteiger partial charge in [-0.15, -0.1) is 0 Å². The highest BCUT2D eigenvalue weighted by Gasteiger charge is 2.26. The van der Waals surface area contributed by atoms with Crippen LogP contribution in [0.15, 0.2) is 42.5 Å². The van der Waals surface area contributed by atoms with E-state index in [-0.39, 0.29) is 11.9 Å². The van der Waals surface area contributed by atoms with Crippen molar-refractivity contribution in [1.82, 2.24) is 9.80 Å². The minimum atomic E-state index is -0.213. The van der Waals surface area contributed by atoms with Gasteiger partial charge in [0.25, 0.3) is 0 Å². The molecule has 1 N–H and O–H groups in total. The highest BCUT2D eigenvalue weighted by molar-refractivity contribution is 5.94. The topological polar surface area (TPSA) is 77.8 Å². The van der Waals surface area contributed by atoms with Crippen LogP contribution >= 0.6 is 0 Å². The van der Waals surface area contributed by atoms with Crippen LogP contribution in [0.25, 0.3) is 0 Å². The molecule has 2 aromatic rings. The van der Waals surface area contributed by atoms with Crippen LogP contribution in [-0.2, 0) is 11.3 Å². The van der Waals surface area contributed by atoms with Crippen molar-refractivity contribution in [2.75, 3.05) is 44.7 Å². The van der Waals surface area contributed by atoms with E-state index in [1.165, 1.54) is 5.56 Å². The third-order valence-corrected chi connectivity index (χ3v) is 5.63. The molecule has 0 unspecified atom stereocenters. The number of amides is 1. The predicted octanol–water partition coefficient (Wildman–Crippen LogP) is 2.47. The Kier molecular flexibility index (Phi) is 6.17. The minimum absolute atomic E-state index is 0.0211. The fourth-order valence-electron chi connectivity index (χ4n) is 3.79. The average molecular weight is 406 g/mol. The summed E-state index contributed by atoms with van der Waals surface area (Å²) in [5.41, 5.74) is 2.60. The quantitative estimate of drug-likeness (QED) is 0.822. The number of fused-ring (bicyclic) bond motifs is 1. The van der Waals surface area contributed by atoms with Gasteiger partial charge in [-0.2, -0.15) is 5.26 Å². The van der Waals surface area contributed by atoms with E-state index in [0.29, 0.717) is 30.3 Å². The zero-order chi connectivity index (χ0) is 20.9. The van der Waals surface area contributed by atoms with Crippen LogP contribution in [0.1, 0.15) is 18.1 Å². The highest BCUT2D eigenvalue weighted by atomic mass is 16.6. The molecule has 0 saturated carbocycles. The standard InChI is InChI=1S/C23H26N4O3/c1-17(23(28)25-20-6-7-21-22(14-20)30-13-12-29-21)27-10-8-26(9-11-27)16-19-4-2-18(15-24)3-5-19/h2-7,14,17H,8-13,16H2,1H3,(H,25,28)/t17-/m1/s1. The maximum Gasteiger partial charge on any atom is 0.241 e. The molecule has 1 fully saturated rings. The molecule has 2 aliphatic rings. The lowest BCUT2D eigenvalue weighted by Gasteiger charge is -2.37. The zero-order valence-electron chi connectivity index (χ0n) is 17.1. The van der Waals surface area contributed by atoms with Gasteiger partial charge < -0.3 is 14.8 Å². The fraction of sp³-hybridized carbons (Fsp3) is 0.391. The molecule has 1 amide bonds. The van der Waals surface area contributed by atoms with Gasteiger partial charge in [-0.1, -0.05) is 12.1 Å². The van der Waals surface area contributed by atoms with E-state index in [0.717, 1.165) is 38.4 Å². The second-order valence-corrected chi connectivity index (χ2v) is 7.64. The van der Waals surface area contributed by atoms with Crippen LogP contribution in [0.5, 0.6) is 11.5 Å². The number of piperazine rings is 1. The van der Waals surface area contributed by atoms with Gasteiger partial charge in [-0.05, 0) is 36.8 Å². The van der Waals surface area contributed by atoms with Crippen molar-refractivity contribution in [1.29, 1.82) is 5.26 Å². The molecule has 156 valence electrons. The zero-order valence-corrected chi connectivity index (χ0v) is 17.1. The maximum atomic E-state index is 12.7. The Bertz CT molecular complexity index is 930.